The summed E-state index contributed by atoms with van der Waals surface area (Å²) in [5, 5.41) is 1.39. The Labute approximate surface area is 137 Å². The fourth-order valence-corrected chi connectivity index (χ4v) is 2.54. The van der Waals surface area contributed by atoms with Crippen LogP contribution < -0.4 is 10.4 Å². The minimum Gasteiger partial charge on any atom is -0.276 e. The molecule has 2 aromatic carbocycles. The molecule has 0 saturated heterocycles. The van der Waals surface area contributed by atoms with E-state index in [1.54, 1.807) is 12.1 Å². The van der Waals surface area contributed by atoms with Crippen molar-refractivity contribution >= 4 is 11.4 Å². The summed E-state index contributed by atoms with van der Waals surface area (Å²) < 4.78 is 53.5. The maximum Gasteiger partial charge on any atom is 0.411 e. The van der Waals surface area contributed by atoms with Gasteiger partial charge < -0.3 is 0 Å². The van der Waals surface area contributed by atoms with Crippen LogP contribution in [0.4, 0.5) is 23.2 Å². The zero-order valence-electron chi connectivity index (χ0n) is 13.2. The third kappa shape index (κ3) is 2.89. The molecule has 24 heavy (non-hydrogen) atoms. The number of nitrogens with zero attached hydrogens (tertiary/aromatic N) is 1. The lowest BCUT2D eigenvalue weighted by molar-refractivity contribution is -0.174. The third-order valence-electron chi connectivity index (χ3n) is 4.03. The summed E-state index contributed by atoms with van der Waals surface area (Å²) >= 11 is 0. The van der Waals surface area contributed by atoms with Crippen LogP contribution >= 0.6 is 0 Å². The minimum absolute atomic E-state index is 0.332. The molecule has 2 nitrogen and oxygen atoms in total. The van der Waals surface area contributed by atoms with E-state index in [4.69, 9.17) is 0 Å². The molecular formula is C18H16F4N2. The molecule has 1 aliphatic heterocycles. The van der Waals surface area contributed by atoms with Crippen LogP contribution in [0.1, 0.15) is 18.1 Å². The lowest BCUT2D eigenvalue weighted by Crippen LogP contribution is -2.54. The molecule has 0 amide bonds. The highest BCUT2D eigenvalue weighted by molar-refractivity contribution is 5.82. The smallest absolute Gasteiger partial charge is 0.276 e. The molecule has 1 atom stereocenters. The van der Waals surface area contributed by atoms with Crippen molar-refractivity contribution in [1.82, 2.24) is 5.43 Å². The monoisotopic (exact) mass is 336 g/mol. The molecule has 126 valence electrons. The van der Waals surface area contributed by atoms with Crippen LogP contribution in [0, 0.1) is 12.7 Å². The summed E-state index contributed by atoms with van der Waals surface area (Å²) in [6.07, 6.45) is -3.35. The van der Waals surface area contributed by atoms with Crippen molar-refractivity contribution in [2.75, 3.05) is 5.01 Å². The predicted octanol–water partition coefficient (Wildman–Crippen LogP) is 4.82. The lowest BCUT2D eigenvalue weighted by atomic mass is 10.0. The second-order valence-corrected chi connectivity index (χ2v) is 6.02. The number of benzene rings is 2. The van der Waals surface area contributed by atoms with Crippen LogP contribution in [0.3, 0.4) is 0 Å². The van der Waals surface area contributed by atoms with E-state index >= 15 is 0 Å². The lowest BCUT2D eigenvalue weighted by Gasteiger charge is -2.30. The summed E-state index contributed by atoms with van der Waals surface area (Å²) in [6.45, 7) is 2.97. The van der Waals surface area contributed by atoms with E-state index in [-0.39, 0.29) is 0 Å². The quantitative estimate of drug-likeness (QED) is 0.791. The Bertz CT molecular complexity index is 763. The molecule has 1 aliphatic rings. The molecule has 2 aromatic rings. The topological polar surface area (TPSA) is 15.3 Å². The molecule has 0 fully saturated rings. The van der Waals surface area contributed by atoms with Gasteiger partial charge in [-0.2, -0.15) is 13.2 Å². The van der Waals surface area contributed by atoms with E-state index in [2.05, 4.69) is 5.43 Å². The summed E-state index contributed by atoms with van der Waals surface area (Å²) in [6, 6.07) is 12.5. The van der Waals surface area contributed by atoms with Crippen molar-refractivity contribution in [3.63, 3.8) is 0 Å². The fraction of sp³-hybridized carbons (Fsp3) is 0.222. The van der Waals surface area contributed by atoms with Crippen molar-refractivity contribution in [3.8, 4) is 0 Å². The van der Waals surface area contributed by atoms with E-state index < -0.39 is 17.5 Å². The van der Waals surface area contributed by atoms with E-state index in [1.807, 2.05) is 19.1 Å². The molecule has 3 rings (SSSR count). The van der Waals surface area contributed by atoms with Gasteiger partial charge in [0.2, 0.25) is 0 Å². The highest BCUT2D eigenvalue weighted by Gasteiger charge is 2.54. The first-order valence-corrected chi connectivity index (χ1v) is 7.40. The van der Waals surface area contributed by atoms with E-state index in [0.29, 0.717) is 16.9 Å². The van der Waals surface area contributed by atoms with E-state index in [0.717, 1.165) is 18.6 Å². The van der Waals surface area contributed by atoms with Crippen LogP contribution in [0.25, 0.3) is 5.70 Å². The van der Waals surface area contributed by atoms with Crippen molar-refractivity contribution < 1.29 is 17.6 Å². The molecule has 0 bridgehead atoms. The number of aryl methyl sites for hydroxylation is 1. The highest BCUT2D eigenvalue weighted by atomic mass is 19.4. The Morgan fingerprint density at radius 3 is 2.08 bits per heavy atom. The minimum atomic E-state index is -4.47. The first-order valence-electron chi connectivity index (χ1n) is 7.40. The first-order chi connectivity index (χ1) is 11.2. The Balaban J connectivity index is 2.08. The van der Waals surface area contributed by atoms with Gasteiger partial charge in [-0.25, -0.2) is 9.82 Å². The van der Waals surface area contributed by atoms with Gasteiger partial charge in [-0.15, -0.1) is 0 Å². The molecule has 0 aromatic heterocycles. The van der Waals surface area contributed by atoms with Crippen molar-refractivity contribution in [3.05, 3.63) is 71.6 Å². The molecule has 1 heterocycles. The molecule has 0 aliphatic carbocycles. The fourth-order valence-electron chi connectivity index (χ4n) is 2.54. The SMILES string of the molecule is Cc1ccc(N2NC(C)(C(F)(F)F)C=C2c2ccc(F)cc2)cc1. The summed E-state index contributed by atoms with van der Waals surface area (Å²) in [5.74, 6) is -0.439. The highest BCUT2D eigenvalue weighted by Crippen LogP contribution is 2.41. The van der Waals surface area contributed by atoms with Crippen molar-refractivity contribution in [2.45, 2.75) is 25.6 Å². The van der Waals surface area contributed by atoms with Gasteiger partial charge in [0.1, 0.15) is 5.82 Å². The van der Waals surface area contributed by atoms with Gasteiger partial charge >= 0.3 is 6.18 Å². The Hall–Kier alpha value is -2.34. The molecule has 0 radical (unpaired) electrons. The molecule has 6 heteroatoms. The number of halogens is 4. The van der Waals surface area contributed by atoms with Crippen LogP contribution in [0.5, 0.6) is 0 Å². The normalized spacial score (nSPS) is 21.1. The van der Waals surface area contributed by atoms with E-state index in [1.165, 1.54) is 29.3 Å². The second-order valence-electron chi connectivity index (χ2n) is 6.02. The van der Waals surface area contributed by atoms with E-state index in [9.17, 15) is 17.6 Å². The van der Waals surface area contributed by atoms with Crippen molar-refractivity contribution in [2.24, 2.45) is 0 Å². The number of alkyl halides is 3. The zero-order chi connectivity index (χ0) is 17.5. The standard InChI is InChI=1S/C18H16F4N2/c1-12-3-9-15(10-4-12)24-16(13-5-7-14(19)8-6-13)11-17(2,23-24)18(20,21)22/h3-11,23H,1-2H3. The summed E-state index contributed by atoms with van der Waals surface area (Å²) in [5.41, 5.74) is 2.73. The van der Waals surface area contributed by atoms with Gasteiger partial charge in [0.25, 0.3) is 0 Å². The zero-order valence-corrected chi connectivity index (χ0v) is 13.2. The number of hydrogen-bond acceptors (Lipinski definition) is 2. The first kappa shape index (κ1) is 16.5. The average Bonchev–Trinajstić information content (AvgIpc) is 2.88. The second kappa shape index (κ2) is 5.63. The largest absolute Gasteiger partial charge is 0.411 e. The van der Waals surface area contributed by atoms with Gasteiger partial charge in [0.15, 0.2) is 5.54 Å². The predicted molar refractivity (Wildman–Crippen MR) is 85.6 cm³/mol. The molecule has 0 saturated carbocycles. The Morgan fingerprint density at radius 2 is 1.54 bits per heavy atom. The van der Waals surface area contributed by atoms with Crippen LogP contribution in [-0.2, 0) is 0 Å². The summed E-state index contributed by atoms with van der Waals surface area (Å²) in [4.78, 5) is 0. The molecule has 0 spiro atoms. The third-order valence-corrected chi connectivity index (χ3v) is 4.03. The van der Waals surface area contributed by atoms with Gasteiger partial charge in [-0.3, -0.25) is 5.01 Å². The number of hydrogen-bond donors (Lipinski definition) is 1. The average molecular weight is 336 g/mol. The Kier molecular flexibility index (Phi) is 3.87. The molecular weight excluding hydrogens is 320 g/mol. The van der Waals surface area contributed by atoms with Crippen molar-refractivity contribution in [1.29, 1.82) is 0 Å². The van der Waals surface area contributed by atoms with Gasteiger partial charge in [0.05, 0.1) is 11.4 Å². The van der Waals surface area contributed by atoms with Gasteiger partial charge in [-0.05, 0) is 61.9 Å². The van der Waals surface area contributed by atoms with Gasteiger partial charge in [-0.1, -0.05) is 17.7 Å². The van der Waals surface area contributed by atoms with Crippen LogP contribution in [-0.4, -0.2) is 11.7 Å². The number of nitrogens with one attached hydrogen (secondary N) is 1. The van der Waals surface area contributed by atoms with Crippen LogP contribution in [0.15, 0.2) is 54.6 Å². The van der Waals surface area contributed by atoms with Crippen LogP contribution in [0.2, 0.25) is 0 Å². The van der Waals surface area contributed by atoms with Gasteiger partial charge in [0, 0.05) is 0 Å². The molecule has 1 unspecified atom stereocenters. The Morgan fingerprint density at radius 1 is 0.958 bits per heavy atom. The summed E-state index contributed by atoms with van der Waals surface area (Å²) in [7, 11) is 0. The number of anilines is 1. The molecule has 1 N–H and O–H groups in total. The number of rotatable bonds is 2. The number of hydrazine groups is 1. The maximum absolute atomic E-state index is 13.5. The maximum atomic E-state index is 13.5.